The van der Waals surface area contributed by atoms with Gasteiger partial charge in [-0.15, -0.1) is 0 Å². The maximum Gasteiger partial charge on any atom is 0.255 e. The largest absolute Gasteiger partial charge is 0.495 e. The molecule has 3 N–H and O–H groups in total. The predicted molar refractivity (Wildman–Crippen MR) is 84.2 cm³/mol. The topological polar surface area (TPSA) is 64.3 Å². The van der Waals surface area contributed by atoms with Crippen molar-refractivity contribution in [3.8, 4) is 5.75 Å². The minimum absolute atomic E-state index is 0.171. The van der Waals surface area contributed by atoms with Crippen LogP contribution in [0.4, 0.5) is 11.4 Å². The average Bonchev–Trinajstić information content (AvgIpc) is 2.43. The number of nitrogen functional groups attached to an aromatic ring is 1. The van der Waals surface area contributed by atoms with Crippen molar-refractivity contribution in [3.63, 3.8) is 0 Å². The number of anilines is 2. The van der Waals surface area contributed by atoms with E-state index in [0.29, 0.717) is 22.7 Å². The quantitative estimate of drug-likeness (QED) is 0.843. The van der Waals surface area contributed by atoms with E-state index in [-0.39, 0.29) is 5.91 Å². The molecule has 0 bridgehead atoms. The molecule has 2 aromatic carbocycles. The maximum absolute atomic E-state index is 12.3. The minimum atomic E-state index is -0.171. The Bertz CT molecular complexity index is 656. The number of aryl methyl sites for hydroxylation is 1. The van der Waals surface area contributed by atoms with E-state index in [4.69, 9.17) is 10.5 Å². The number of amides is 1. The molecule has 2 rings (SSSR count). The van der Waals surface area contributed by atoms with Crippen LogP contribution in [0.2, 0.25) is 0 Å². The monoisotopic (exact) mass is 334 g/mol. The van der Waals surface area contributed by atoms with Crippen molar-refractivity contribution in [1.82, 2.24) is 0 Å². The third-order valence-electron chi connectivity index (χ3n) is 2.94. The van der Waals surface area contributed by atoms with Crippen LogP contribution in [0.15, 0.2) is 40.9 Å². The Kier molecular flexibility index (Phi) is 4.29. The van der Waals surface area contributed by atoms with Crippen LogP contribution in [0.25, 0.3) is 0 Å². The fraction of sp³-hybridized carbons (Fsp3) is 0.133. The molecule has 0 aliphatic heterocycles. The highest BCUT2D eigenvalue weighted by Crippen LogP contribution is 2.25. The molecule has 0 fully saturated rings. The fourth-order valence-corrected chi connectivity index (χ4v) is 2.19. The molecule has 0 heterocycles. The lowest BCUT2D eigenvalue weighted by molar-refractivity contribution is 0.102. The van der Waals surface area contributed by atoms with Crippen molar-refractivity contribution in [2.75, 3.05) is 18.2 Å². The molecule has 2 aromatic rings. The van der Waals surface area contributed by atoms with Crippen LogP contribution in [0.5, 0.6) is 5.75 Å². The summed E-state index contributed by atoms with van der Waals surface area (Å²) in [7, 11) is 1.54. The highest BCUT2D eigenvalue weighted by atomic mass is 79.9. The second-order valence-corrected chi connectivity index (χ2v) is 5.29. The third kappa shape index (κ3) is 3.11. The standard InChI is InChI=1S/C15H15BrN2O2/c1-9-3-4-10(16)7-12(9)15(19)18-11-5-6-13(17)14(8-11)20-2/h3-8H,17H2,1-2H3,(H,18,19). The molecule has 104 valence electrons. The molecule has 0 saturated heterocycles. The van der Waals surface area contributed by atoms with Crippen LogP contribution in [0, 0.1) is 6.92 Å². The Morgan fingerprint density at radius 3 is 2.70 bits per heavy atom. The van der Waals surface area contributed by atoms with Gasteiger partial charge in [0.05, 0.1) is 12.8 Å². The van der Waals surface area contributed by atoms with Gasteiger partial charge in [-0.2, -0.15) is 0 Å². The van der Waals surface area contributed by atoms with Gasteiger partial charge in [0, 0.05) is 21.8 Å². The Labute approximate surface area is 126 Å². The number of hydrogen-bond donors (Lipinski definition) is 2. The molecular formula is C15H15BrN2O2. The zero-order valence-corrected chi connectivity index (χ0v) is 12.8. The molecule has 0 unspecified atom stereocenters. The third-order valence-corrected chi connectivity index (χ3v) is 3.43. The summed E-state index contributed by atoms with van der Waals surface area (Å²) in [5.41, 5.74) is 8.44. The van der Waals surface area contributed by atoms with Crippen molar-refractivity contribution in [3.05, 3.63) is 52.0 Å². The SMILES string of the molecule is COc1cc(NC(=O)c2cc(Br)ccc2C)ccc1N. The van der Waals surface area contributed by atoms with Gasteiger partial charge in [-0.25, -0.2) is 0 Å². The number of hydrogen-bond acceptors (Lipinski definition) is 3. The molecule has 0 aromatic heterocycles. The Morgan fingerprint density at radius 1 is 1.25 bits per heavy atom. The van der Waals surface area contributed by atoms with Crippen molar-refractivity contribution in [2.24, 2.45) is 0 Å². The lowest BCUT2D eigenvalue weighted by Gasteiger charge is -2.10. The van der Waals surface area contributed by atoms with Crippen LogP contribution in [-0.2, 0) is 0 Å². The molecule has 0 radical (unpaired) electrons. The van der Waals surface area contributed by atoms with Gasteiger partial charge >= 0.3 is 0 Å². The summed E-state index contributed by atoms with van der Waals surface area (Å²) in [6.07, 6.45) is 0. The van der Waals surface area contributed by atoms with Crippen molar-refractivity contribution in [1.29, 1.82) is 0 Å². The van der Waals surface area contributed by atoms with E-state index in [0.717, 1.165) is 10.0 Å². The van der Waals surface area contributed by atoms with E-state index in [1.54, 1.807) is 24.3 Å². The van der Waals surface area contributed by atoms with Gasteiger partial charge in [-0.3, -0.25) is 4.79 Å². The lowest BCUT2D eigenvalue weighted by atomic mass is 10.1. The van der Waals surface area contributed by atoms with Gasteiger partial charge in [0.1, 0.15) is 5.75 Å². The van der Waals surface area contributed by atoms with E-state index in [9.17, 15) is 4.79 Å². The lowest BCUT2D eigenvalue weighted by Crippen LogP contribution is -2.13. The second kappa shape index (κ2) is 5.96. The van der Waals surface area contributed by atoms with E-state index < -0.39 is 0 Å². The number of carbonyl (C=O) groups is 1. The molecule has 5 heteroatoms. The predicted octanol–water partition coefficient (Wildman–Crippen LogP) is 3.60. The van der Waals surface area contributed by atoms with Crippen LogP contribution < -0.4 is 15.8 Å². The zero-order chi connectivity index (χ0) is 14.7. The van der Waals surface area contributed by atoms with E-state index in [2.05, 4.69) is 21.2 Å². The van der Waals surface area contributed by atoms with Gasteiger partial charge < -0.3 is 15.8 Å². The summed E-state index contributed by atoms with van der Waals surface area (Å²) in [6.45, 7) is 1.89. The molecule has 0 aliphatic rings. The number of rotatable bonds is 3. The van der Waals surface area contributed by atoms with Gasteiger partial charge in [0.15, 0.2) is 0 Å². The molecule has 20 heavy (non-hydrogen) atoms. The first-order chi connectivity index (χ1) is 9.51. The van der Waals surface area contributed by atoms with Crippen LogP contribution in [0.3, 0.4) is 0 Å². The number of ether oxygens (including phenoxy) is 1. The summed E-state index contributed by atoms with van der Waals surface area (Å²) in [5, 5.41) is 2.83. The Morgan fingerprint density at radius 2 is 2.00 bits per heavy atom. The van der Waals surface area contributed by atoms with Crippen LogP contribution in [-0.4, -0.2) is 13.0 Å². The van der Waals surface area contributed by atoms with Gasteiger partial charge in [0.25, 0.3) is 5.91 Å². The van der Waals surface area contributed by atoms with Crippen molar-refractivity contribution >= 4 is 33.2 Å². The number of nitrogens with two attached hydrogens (primary N) is 1. The first kappa shape index (κ1) is 14.4. The highest BCUT2D eigenvalue weighted by molar-refractivity contribution is 9.10. The zero-order valence-electron chi connectivity index (χ0n) is 11.2. The summed E-state index contributed by atoms with van der Waals surface area (Å²) in [6, 6.07) is 10.7. The summed E-state index contributed by atoms with van der Waals surface area (Å²) < 4.78 is 6.00. The number of methoxy groups -OCH3 is 1. The summed E-state index contributed by atoms with van der Waals surface area (Å²) in [5.74, 6) is 0.365. The molecular weight excluding hydrogens is 320 g/mol. The first-order valence-corrected chi connectivity index (χ1v) is 6.81. The molecule has 1 amide bonds. The minimum Gasteiger partial charge on any atom is -0.495 e. The fourth-order valence-electron chi connectivity index (χ4n) is 1.83. The average molecular weight is 335 g/mol. The van der Waals surface area contributed by atoms with Crippen LogP contribution >= 0.6 is 15.9 Å². The van der Waals surface area contributed by atoms with Gasteiger partial charge in [-0.05, 0) is 36.8 Å². The summed E-state index contributed by atoms with van der Waals surface area (Å²) in [4.78, 5) is 12.3. The maximum atomic E-state index is 12.3. The number of halogens is 1. The molecule has 0 spiro atoms. The van der Waals surface area contributed by atoms with Crippen molar-refractivity contribution < 1.29 is 9.53 Å². The highest BCUT2D eigenvalue weighted by Gasteiger charge is 2.11. The van der Waals surface area contributed by atoms with Gasteiger partial charge in [0.2, 0.25) is 0 Å². The first-order valence-electron chi connectivity index (χ1n) is 6.02. The molecule has 4 nitrogen and oxygen atoms in total. The number of benzene rings is 2. The van der Waals surface area contributed by atoms with E-state index in [1.807, 2.05) is 19.1 Å². The molecule has 0 aliphatic carbocycles. The number of carbonyl (C=O) groups excluding carboxylic acids is 1. The molecule has 0 atom stereocenters. The van der Waals surface area contributed by atoms with Crippen LogP contribution in [0.1, 0.15) is 15.9 Å². The Balaban J connectivity index is 2.25. The summed E-state index contributed by atoms with van der Waals surface area (Å²) >= 11 is 3.37. The van der Waals surface area contributed by atoms with E-state index >= 15 is 0 Å². The van der Waals surface area contributed by atoms with E-state index in [1.165, 1.54) is 7.11 Å². The smallest absolute Gasteiger partial charge is 0.255 e. The second-order valence-electron chi connectivity index (χ2n) is 4.37. The van der Waals surface area contributed by atoms with Crippen molar-refractivity contribution in [2.45, 2.75) is 6.92 Å². The molecule has 0 saturated carbocycles. The van der Waals surface area contributed by atoms with Gasteiger partial charge in [-0.1, -0.05) is 22.0 Å². The normalized spacial score (nSPS) is 10.2. The number of nitrogens with one attached hydrogen (secondary N) is 1. The Hall–Kier alpha value is -2.01.